The van der Waals surface area contributed by atoms with Gasteiger partial charge in [-0.2, -0.15) is 0 Å². The maximum absolute atomic E-state index is 13.0. The van der Waals surface area contributed by atoms with Crippen molar-refractivity contribution < 1.29 is 102 Å². The molecule has 2 aromatic heterocycles. The number of fused-ring (bicyclic) bond motifs is 8. The molecule has 21 nitrogen and oxygen atoms in total. The zero-order valence-corrected chi connectivity index (χ0v) is 51.7. The van der Waals surface area contributed by atoms with E-state index in [1.807, 2.05) is 115 Å². The van der Waals surface area contributed by atoms with Crippen molar-refractivity contribution >= 4 is 78.2 Å². The summed E-state index contributed by atoms with van der Waals surface area (Å²) >= 11 is 0. The van der Waals surface area contributed by atoms with E-state index in [9.17, 15) is 43.5 Å². The molecule has 3 radical (unpaired) electrons. The number of hydrazine groups is 2. The molecule has 87 heavy (non-hydrogen) atoms. The summed E-state index contributed by atoms with van der Waals surface area (Å²) in [6.07, 6.45) is -0.0224. The number of carboxylic acid groups (broad SMARTS) is 2. The summed E-state index contributed by atoms with van der Waals surface area (Å²) in [4.78, 5) is 94.2. The van der Waals surface area contributed by atoms with E-state index in [2.05, 4.69) is 76.4 Å². The van der Waals surface area contributed by atoms with E-state index in [1.54, 1.807) is 36.8 Å². The number of para-hydroxylation sites is 2. The summed E-state index contributed by atoms with van der Waals surface area (Å²) in [7, 11) is 11.1. The zero-order chi connectivity index (χ0) is 62.5. The molecule has 2 amide bonds. The minimum Gasteiger partial charge on any atom is -0.793 e. The summed E-state index contributed by atoms with van der Waals surface area (Å²) in [5.74, 6) is -3.35. The van der Waals surface area contributed by atoms with Gasteiger partial charge in [-0.3, -0.25) is 19.2 Å². The number of rotatable bonds is 15. The van der Waals surface area contributed by atoms with Gasteiger partial charge in [0.15, 0.2) is 6.29 Å². The first-order valence-corrected chi connectivity index (χ1v) is 27.1. The Bertz CT molecular complexity index is 3600. The van der Waals surface area contributed by atoms with Crippen LogP contribution in [0.3, 0.4) is 0 Å². The first-order chi connectivity index (χ1) is 41.3. The van der Waals surface area contributed by atoms with Crippen LogP contribution in [0.5, 0.6) is 0 Å². The van der Waals surface area contributed by atoms with Gasteiger partial charge in [-0.05, 0) is 74.2 Å². The fourth-order valence-corrected chi connectivity index (χ4v) is 9.72. The first-order valence-electron chi connectivity index (χ1n) is 27.1. The minimum atomic E-state index is -0.866. The fourth-order valence-electron chi connectivity index (χ4n) is 9.72. The molecule has 2 heterocycles. The number of carboxylic acids is 2. The minimum absolute atomic E-state index is 0. The molecule has 0 atom stereocenters. The number of aromatic nitrogens is 2. The van der Waals surface area contributed by atoms with Crippen molar-refractivity contribution in [2.24, 2.45) is 0 Å². The quantitative estimate of drug-likeness (QED) is 0.0407. The van der Waals surface area contributed by atoms with Crippen LogP contribution in [0.1, 0.15) is 83.9 Å². The van der Waals surface area contributed by atoms with Gasteiger partial charge in [-0.25, -0.2) is 49.4 Å². The van der Waals surface area contributed by atoms with Crippen LogP contribution >= 0.6 is 0 Å². The molecular formula is C64H67BN6NaO15. The third-order valence-electron chi connectivity index (χ3n) is 13.8. The van der Waals surface area contributed by atoms with Gasteiger partial charge in [-0.1, -0.05) is 133 Å². The second kappa shape index (κ2) is 33.6. The predicted molar refractivity (Wildman–Crippen MR) is 321 cm³/mol. The molecule has 23 heteroatoms. The van der Waals surface area contributed by atoms with E-state index in [-0.39, 0.29) is 66.9 Å². The molecule has 0 aliphatic heterocycles. The van der Waals surface area contributed by atoms with E-state index in [4.69, 9.17) is 14.6 Å². The second-order valence-corrected chi connectivity index (χ2v) is 19.5. The Morgan fingerprint density at radius 2 is 0.920 bits per heavy atom. The van der Waals surface area contributed by atoms with Crippen molar-refractivity contribution in [3.63, 3.8) is 0 Å². The maximum atomic E-state index is 13.0. The van der Waals surface area contributed by atoms with E-state index in [0.29, 0.717) is 31.9 Å². The molecule has 10 rings (SSSR count). The number of ether oxygens (including phenoxy) is 2. The molecule has 2 aliphatic carbocycles. The Hall–Kier alpha value is -9.06. The normalized spacial score (nSPS) is 11.3. The average molecular weight is 1190 g/mol. The van der Waals surface area contributed by atoms with E-state index in [0.717, 1.165) is 47.6 Å². The van der Waals surface area contributed by atoms with Gasteiger partial charge in [0, 0.05) is 96.0 Å². The van der Waals surface area contributed by atoms with Crippen molar-refractivity contribution in [3.05, 3.63) is 191 Å². The van der Waals surface area contributed by atoms with Gasteiger partial charge in [0.2, 0.25) is 5.97 Å². The molecule has 8 aromatic rings. The zero-order valence-electron chi connectivity index (χ0n) is 49.7. The summed E-state index contributed by atoms with van der Waals surface area (Å²) in [5, 5.41) is 24.4. The molecule has 447 valence electrons. The van der Waals surface area contributed by atoms with Crippen LogP contribution in [-0.4, -0.2) is 132 Å². The number of nitrogens with zero attached hydrogens (tertiary/aromatic N) is 5. The summed E-state index contributed by atoms with van der Waals surface area (Å²) in [6, 6.07) is 52.3. The topological polar surface area (TPSA) is 255 Å². The number of carbonyl (C=O) groups is 8. The van der Waals surface area contributed by atoms with Crippen LogP contribution in [0, 0.1) is 0 Å². The van der Waals surface area contributed by atoms with Crippen LogP contribution < -0.4 is 35.0 Å². The monoisotopic (exact) mass is 1190 g/mol. The number of amides is 2. The van der Waals surface area contributed by atoms with Crippen LogP contribution in [0.25, 0.3) is 44.1 Å². The molecule has 2 aliphatic rings. The SMILES string of the molecule is CC(=O)OOC(C)=O.CN(Cc1cc2ccccc2n1CCC(=O)O)N(C)C(=O)OCC1c2ccccc2-c2ccccc21.CNN(C)C(=O)OCC1c2ccccc2-c2ccccc21.O=Cc1cc2ccccc2n1CCC(=O)O.[B-]OC(C)=O.[Na+]. The Morgan fingerprint density at radius 1 is 0.552 bits per heavy atom. The van der Waals surface area contributed by atoms with E-state index >= 15 is 0 Å². The van der Waals surface area contributed by atoms with Gasteiger partial charge < -0.3 is 41.5 Å². The number of carbonyl (C=O) groups excluding carboxylic acids is 6. The van der Waals surface area contributed by atoms with Crippen molar-refractivity contribution in [1.82, 2.24) is 29.6 Å². The number of aliphatic carboxylic acids is 2. The molecule has 0 spiro atoms. The summed E-state index contributed by atoms with van der Waals surface area (Å²) in [6.45, 7) is 5.22. The molecule has 6 aromatic carbocycles. The summed E-state index contributed by atoms with van der Waals surface area (Å²) in [5.41, 5.74) is 15.7. The Labute approximate surface area is 526 Å². The molecule has 0 unspecified atom stereocenters. The summed E-state index contributed by atoms with van der Waals surface area (Å²) < 4.78 is 18.6. The second-order valence-electron chi connectivity index (χ2n) is 19.5. The third kappa shape index (κ3) is 18.7. The smallest absolute Gasteiger partial charge is 0.793 e. The fraction of sp³-hybridized carbons (Fsp3) is 0.250. The Morgan fingerprint density at radius 3 is 1.31 bits per heavy atom. The van der Waals surface area contributed by atoms with Crippen molar-refractivity contribution in [2.75, 3.05) is 41.4 Å². The number of aryl methyl sites for hydroxylation is 2. The largest absolute Gasteiger partial charge is 1.00 e. The van der Waals surface area contributed by atoms with E-state index in [1.165, 1.54) is 61.4 Å². The molecule has 3 N–H and O–H groups in total. The van der Waals surface area contributed by atoms with Crippen LogP contribution in [-0.2, 0) is 67.5 Å². The molecule has 0 saturated carbocycles. The molecule has 0 fully saturated rings. The standard InChI is InChI=1S/C29H29N3O4.C17H18N2O2.C12H11NO3.C4H6O4.C2H3BO2.Na/c1-30(18-21-17-20-9-3-8-14-27(20)32(21)16-15-28(33)34)31(2)29(35)36-19-26-24-12-6-4-10-22(24)23-11-5-7-13-25(23)26;1-18-19(2)17(20)21-11-16-14-9-5-3-7-12(14)13-8-4-6-10-15(13)16;14-8-10-7-9-3-1-2-4-11(9)13(10)6-5-12(15)16;1-3(5)7-8-4(2)6;1-2(4)5-3;/h3-14,17,26H,15-16,18-19H2,1-2H3,(H,33,34);3-10,16,18H,11H2,1-2H3;1-4,7-8H,5-6H2,(H,15,16);1-2H3;1H3;/q;;;;-1;+1. The van der Waals surface area contributed by atoms with Gasteiger partial charge in [-0.15, -0.1) is 0 Å². The number of nitrogens with one attached hydrogen (secondary N) is 1. The number of benzene rings is 6. The maximum Gasteiger partial charge on any atom is 1.00 e. The first kappa shape index (κ1) is 68.7. The number of hydrogen-bond acceptors (Lipinski definition) is 15. The van der Waals surface area contributed by atoms with Gasteiger partial charge >= 0.3 is 65.6 Å². The van der Waals surface area contributed by atoms with Gasteiger partial charge in [0.1, 0.15) is 13.2 Å². The van der Waals surface area contributed by atoms with E-state index < -0.39 is 35.9 Å². The average Bonchev–Trinajstić information content (AvgIpc) is 1.92. The van der Waals surface area contributed by atoms with Crippen molar-refractivity contribution in [1.29, 1.82) is 0 Å². The number of hydrogen-bond donors (Lipinski definition) is 3. The number of aldehydes is 1. The van der Waals surface area contributed by atoms with Crippen LogP contribution in [0.15, 0.2) is 158 Å². The molecule has 0 bridgehead atoms. The van der Waals surface area contributed by atoms with Crippen molar-refractivity contribution in [3.8, 4) is 22.3 Å². The van der Waals surface area contributed by atoms with Crippen LogP contribution in [0.4, 0.5) is 9.59 Å². The van der Waals surface area contributed by atoms with Crippen LogP contribution in [0.2, 0.25) is 0 Å². The Kier molecular flexibility index (Phi) is 26.5. The third-order valence-corrected chi connectivity index (χ3v) is 13.8. The van der Waals surface area contributed by atoms with Gasteiger partial charge in [0.25, 0.3) is 0 Å². The molecule has 0 saturated heterocycles. The Balaban J connectivity index is 0.000000229. The predicted octanol–water partition coefficient (Wildman–Crippen LogP) is 6.94. The molecular weight excluding hydrogens is 1130 g/mol. The van der Waals surface area contributed by atoms with Gasteiger partial charge in [0.05, 0.1) is 25.1 Å². The van der Waals surface area contributed by atoms with Crippen molar-refractivity contribution in [2.45, 2.75) is 65.1 Å².